The van der Waals surface area contributed by atoms with Crippen LogP contribution in [0.3, 0.4) is 0 Å². The quantitative estimate of drug-likeness (QED) is 0.853. The van der Waals surface area contributed by atoms with Crippen LogP contribution in [0.1, 0.15) is 56.3 Å². The molecule has 0 atom stereocenters. The zero-order valence-electron chi connectivity index (χ0n) is 13.4. The molecule has 4 nitrogen and oxygen atoms in total. The second-order valence-corrected chi connectivity index (χ2v) is 6.52. The van der Waals surface area contributed by atoms with Crippen LogP contribution in [0.15, 0.2) is 0 Å². The molecule has 2 rings (SSSR count). The van der Waals surface area contributed by atoms with Gasteiger partial charge in [-0.2, -0.15) is 5.10 Å². The van der Waals surface area contributed by atoms with E-state index in [-0.39, 0.29) is 12.5 Å². The van der Waals surface area contributed by atoms with E-state index in [1.807, 2.05) is 25.8 Å². The number of aromatic nitrogens is 2. The molecule has 1 aliphatic carbocycles. The number of nitrogens with zero attached hydrogens (tertiary/aromatic N) is 3. The van der Waals surface area contributed by atoms with Crippen molar-refractivity contribution >= 4 is 17.5 Å². The molecule has 1 aliphatic rings. The predicted octanol–water partition coefficient (Wildman–Crippen LogP) is 3.72. The van der Waals surface area contributed by atoms with Crippen LogP contribution >= 0.6 is 11.6 Å². The SMILES string of the molecule is Cc1nn(CC(=O)N(C)C2CCCCCCC2)c(C)c1Cl. The molecule has 118 valence electrons. The minimum Gasteiger partial charge on any atom is -0.341 e. The molecule has 0 radical (unpaired) electrons. The number of halogens is 1. The second kappa shape index (κ2) is 7.30. The third-order valence-electron chi connectivity index (χ3n) is 4.59. The predicted molar refractivity (Wildman–Crippen MR) is 85.6 cm³/mol. The Bertz CT molecular complexity index is 490. The summed E-state index contributed by atoms with van der Waals surface area (Å²) in [4.78, 5) is 14.4. The Hall–Kier alpha value is -1.03. The fourth-order valence-corrected chi connectivity index (χ4v) is 3.23. The molecular formula is C16H26ClN3O. The summed E-state index contributed by atoms with van der Waals surface area (Å²) in [7, 11) is 1.93. The summed E-state index contributed by atoms with van der Waals surface area (Å²) in [5, 5.41) is 5.01. The van der Waals surface area contributed by atoms with Gasteiger partial charge in [0.25, 0.3) is 0 Å². The highest BCUT2D eigenvalue weighted by atomic mass is 35.5. The van der Waals surface area contributed by atoms with Gasteiger partial charge in [0, 0.05) is 13.1 Å². The first-order chi connectivity index (χ1) is 10.0. The summed E-state index contributed by atoms with van der Waals surface area (Å²) in [6.45, 7) is 4.06. The standard InChI is InChI=1S/C16H26ClN3O/c1-12-16(17)13(2)20(18-12)11-15(21)19(3)14-9-7-5-4-6-8-10-14/h14H,4-11H2,1-3H3. The maximum Gasteiger partial charge on any atom is 0.244 e. The summed E-state index contributed by atoms with van der Waals surface area (Å²) < 4.78 is 1.72. The largest absolute Gasteiger partial charge is 0.341 e. The monoisotopic (exact) mass is 311 g/mol. The van der Waals surface area contributed by atoms with Gasteiger partial charge in [0.15, 0.2) is 0 Å². The smallest absolute Gasteiger partial charge is 0.244 e. The lowest BCUT2D eigenvalue weighted by molar-refractivity contribution is -0.133. The van der Waals surface area contributed by atoms with Crippen molar-refractivity contribution in [3.63, 3.8) is 0 Å². The molecule has 1 heterocycles. The summed E-state index contributed by atoms with van der Waals surface area (Å²) in [6.07, 6.45) is 8.65. The van der Waals surface area contributed by atoms with E-state index in [4.69, 9.17) is 11.6 Å². The van der Waals surface area contributed by atoms with Gasteiger partial charge in [-0.05, 0) is 26.7 Å². The van der Waals surface area contributed by atoms with Crippen LogP contribution in [0, 0.1) is 13.8 Å². The van der Waals surface area contributed by atoms with E-state index in [9.17, 15) is 4.79 Å². The van der Waals surface area contributed by atoms with E-state index < -0.39 is 0 Å². The van der Waals surface area contributed by atoms with Crippen molar-refractivity contribution in [3.05, 3.63) is 16.4 Å². The highest BCUT2D eigenvalue weighted by Gasteiger charge is 2.22. The average Bonchev–Trinajstić information content (AvgIpc) is 2.65. The summed E-state index contributed by atoms with van der Waals surface area (Å²) in [5.74, 6) is 0.128. The third kappa shape index (κ3) is 4.00. The van der Waals surface area contributed by atoms with Crippen LogP contribution < -0.4 is 0 Å². The average molecular weight is 312 g/mol. The Kier molecular flexibility index (Phi) is 5.68. The van der Waals surface area contributed by atoms with Crippen LogP contribution in [0.4, 0.5) is 0 Å². The van der Waals surface area contributed by atoms with Crippen LogP contribution in [0.25, 0.3) is 0 Å². The Morgan fingerprint density at radius 2 is 1.81 bits per heavy atom. The Balaban J connectivity index is 1.99. The van der Waals surface area contributed by atoms with Crippen molar-refractivity contribution in [2.24, 2.45) is 0 Å². The fourth-order valence-electron chi connectivity index (χ4n) is 3.09. The summed E-state index contributed by atoms with van der Waals surface area (Å²) in [5.41, 5.74) is 1.66. The topological polar surface area (TPSA) is 38.1 Å². The van der Waals surface area contributed by atoms with Crippen molar-refractivity contribution in [1.82, 2.24) is 14.7 Å². The number of carbonyl (C=O) groups is 1. The van der Waals surface area contributed by atoms with E-state index in [0.717, 1.165) is 24.2 Å². The molecule has 0 aliphatic heterocycles. The van der Waals surface area contributed by atoms with Crippen LogP contribution in [0.5, 0.6) is 0 Å². The third-order valence-corrected chi connectivity index (χ3v) is 5.14. The zero-order chi connectivity index (χ0) is 15.4. The number of aryl methyl sites for hydroxylation is 1. The molecule has 1 aromatic heterocycles. The number of amides is 1. The van der Waals surface area contributed by atoms with Gasteiger partial charge in [-0.3, -0.25) is 9.48 Å². The number of hydrogen-bond donors (Lipinski definition) is 0. The number of carbonyl (C=O) groups excluding carboxylic acids is 1. The van der Waals surface area contributed by atoms with Gasteiger partial charge in [-0.1, -0.05) is 43.7 Å². The molecule has 1 amide bonds. The molecule has 0 aromatic carbocycles. The molecule has 21 heavy (non-hydrogen) atoms. The molecule has 0 bridgehead atoms. The van der Waals surface area contributed by atoms with Gasteiger partial charge < -0.3 is 4.90 Å². The van der Waals surface area contributed by atoms with Crippen LogP contribution in [0.2, 0.25) is 5.02 Å². The van der Waals surface area contributed by atoms with Crippen molar-refractivity contribution in [1.29, 1.82) is 0 Å². The van der Waals surface area contributed by atoms with Gasteiger partial charge in [0.1, 0.15) is 6.54 Å². The Morgan fingerprint density at radius 3 is 2.33 bits per heavy atom. The first kappa shape index (κ1) is 16.3. The number of hydrogen-bond acceptors (Lipinski definition) is 2. The lowest BCUT2D eigenvalue weighted by Gasteiger charge is -2.30. The first-order valence-corrected chi connectivity index (χ1v) is 8.33. The molecule has 0 N–H and O–H groups in total. The molecule has 1 saturated carbocycles. The molecule has 0 spiro atoms. The zero-order valence-corrected chi connectivity index (χ0v) is 14.1. The normalized spacial score (nSPS) is 17.3. The maximum atomic E-state index is 12.5. The second-order valence-electron chi connectivity index (χ2n) is 6.15. The van der Waals surface area contributed by atoms with Crippen LogP contribution in [-0.2, 0) is 11.3 Å². The van der Waals surface area contributed by atoms with E-state index >= 15 is 0 Å². The van der Waals surface area contributed by atoms with Crippen molar-refractivity contribution < 1.29 is 4.79 Å². The highest BCUT2D eigenvalue weighted by Crippen LogP contribution is 2.22. The van der Waals surface area contributed by atoms with Crippen molar-refractivity contribution in [3.8, 4) is 0 Å². The van der Waals surface area contributed by atoms with Gasteiger partial charge in [-0.15, -0.1) is 0 Å². The fraction of sp³-hybridized carbons (Fsp3) is 0.750. The first-order valence-electron chi connectivity index (χ1n) is 7.96. The van der Waals surface area contributed by atoms with E-state index in [1.54, 1.807) is 4.68 Å². The highest BCUT2D eigenvalue weighted by molar-refractivity contribution is 6.31. The maximum absolute atomic E-state index is 12.5. The molecule has 0 unspecified atom stereocenters. The van der Waals surface area contributed by atoms with E-state index in [1.165, 1.54) is 32.1 Å². The number of likely N-dealkylation sites (N-methyl/N-ethyl adjacent to an activating group) is 1. The number of rotatable bonds is 3. The molecule has 1 aromatic rings. The lowest BCUT2D eigenvalue weighted by Crippen LogP contribution is -2.39. The summed E-state index contributed by atoms with van der Waals surface area (Å²) in [6, 6.07) is 0.380. The molecule has 0 saturated heterocycles. The minimum atomic E-state index is 0.128. The van der Waals surface area contributed by atoms with Crippen molar-refractivity contribution in [2.75, 3.05) is 7.05 Å². The Morgan fingerprint density at radius 1 is 1.24 bits per heavy atom. The van der Waals surface area contributed by atoms with E-state index in [0.29, 0.717) is 11.1 Å². The van der Waals surface area contributed by atoms with Gasteiger partial charge in [0.2, 0.25) is 5.91 Å². The Labute approximate surface area is 132 Å². The molecule has 1 fully saturated rings. The minimum absolute atomic E-state index is 0.128. The van der Waals surface area contributed by atoms with Gasteiger partial charge in [0.05, 0.1) is 16.4 Å². The molecule has 5 heteroatoms. The summed E-state index contributed by atoms with van der Waals surface area (Å²) >= 11 is 6.14. The lowest BCUT2D eigenvalue weighted by atomic mass is 9.96. The van der Waals surface area contributed by atoms with Gasteiger partial charge in [-0.25, -0.2) is 0 Å². The van der Waals surface area contributed by atoms with Crippen LogP contribution in [-0.4, -0.2) is 33.7 Å². The van der Waals surface area contributed by atoms with Gasteiger partial charge >= 0.3 is 0 Å². The van der Waals surface area contributed by atoms with E-state index in [2.05, 4.69) is 5.10 Å². The van der Waals surface area contributed by atoms with Crippen molar-refractivity contribution in [2.45, 2.75) is 71.4 Å². The molecular weight excluding hydrogens is 286 g/mol.